The van der Waals surface area contributed by atoms with Crippen LogP contribution in [0.2, 0.25) is 0 Å². The average Bonchev–Trinajstić information content (AvgIpc) is 3.09. The Hall–Kier alpha value is -2.59. The maximum atomic E-state index is 6.73. The van der Waals surface area contributed by atoms with Crippen LogP contribution < -0.4 is 10.1 Å². The van der Waals surface area contributed by atoms with Gasteiger partial charge in [0.25, 0.3) is 0 Å². The van der Waals surface area contributed by atoms with E-state index in [-0.39, 0.29) is 5.60 Å². The van der Waals surface area contributed by atoms with Crippen molar-refractivity contribution in [3.05, 3.63) is 71.4 Å². The molecule has 0 radical (unpaired) electrons. The topological polar surface area (TPSA) is 39.1 Å². The number of hydrogen-bond acceptors (Lipinski definition) is 3. The summed E-state index contributed by atoms with van der Waals surface area (Å²) in [6.45, 7) is 4.99. The van der Waals surface area contributed by atoms with Crippen molar-refractivity contribution in [2.75, 3.05) is 13.1 Å². The molecule has 2 aromatic carbocycles. The van der Waals surface area contributed by atoms with Crippen molar-refractivity contribution in [1.29, 1.82) is 0 Å². The third-order valence-electron chi connectivity index (χ3n) is 5.85. The molecule has 1 spiro atoms. The van der Waals surface area contributed by atoms with Crippen molar-refractivity contribution in [2.45, 2.75) is 38.3 Å². The van der Waals surface area contributed by atoms with E-state index in [4.69, 9.17) is 9.84 Å². The molecule has 0 amide bonds. The van der Waals surface area contributed by atoms with Crippen molar-refractivity contribution in [2.24, 2.45) is 0 Å². The van der Waals surface area contributed by atoms with Gasteiger partial charge in [0.15, 0.2) is 0 Å². The van der Waals surface area contributed by atoms with Crippen LogP contribution in [0.3, 0.4) is 0 Å². The highest BCUT2D eigenvalue weighted by atomic mass is 16.5. The van der Waals surface area contributed by atoms with Gasteiger partial charge in [0.05, 0.1) is 11.4 Å². The number of nitrogens with zero attached hydrogens (tertiary/aromatic N) is 2. The van der Waals surface area contributed by atoms with E-state index >= 15 is 0 Å². The minimum Gasteiger partial charge on any atom is -0.482 e. The lowest BCUT2D eigenvalue weighted by atomic mass is 9.79. The fourth-order valence-electron chi connectivity index (χ4n) is 4.60. The molecule has 0 aliphatic carbocycles. The molecule has 1 fully saturated rings. The van der Waals surface area contributed by atoms with E-state index in [0.29, 0.717) is 0 Å². The Balaban J connectivity index is 1.73. The monoisotopic (exact) mass is 359 g/mol. The van der Waals surface area contributed by atoms with Crippen LogP contribution in [-0.4, -0.2) is 22.9 Å². The van der Waals surface area contributed by atoms with Crippen LogP contribution >= 0.6 is 0 Å². The molecule has 0 bridgehead atoms. The second-order valence-corrected chi connectivity index (χ2v) is 7.49. The van der Waals surface area contributed by atoms with Crippen LogP contribution in [0.25, 0.3) is 11.3 Å². The zero-order chi connectivity index (χ0) is 18.3. The van der Waals surface area contributed by atoms with E-state index in [2.05, 4.69) is 71.5 Å². The van der Waals surface area contributed by atoms with E-state index in [1.807, 2.05) is 0 Å². The van der Waals surface area contributed by atoms with Crippen molar-refractivity contribution in [3.63, 3.8) is 0 Å². The van der Waals surface area contributed by atoms with Gasteiger partial charge in [-0.1, -0.05) is 42.5 Å². The Morgan fingerprint density at radius 2 is 1.78 bits per heavy atom. The smallest absolute Gasteiger partial charge is 0.140 e. The highest BCUT2D eigenvalue weighted by Crippen LogP contribution is 2.50. The van der Waals surface area contributed by atoms with Crippen molar-refractivity contribution < 1.29 is 4.74 Å². The highest BCUT2D eigenvalue weighted by molar-refractivity contribution is 5.75. The summed E-state index contributed by atoms with van der Waals surface area (Å²) in [6.07, 6.45) is 2.80. The van der Waals surface area contributed by atoms with Crippen LogP contribution in [0.5, 0.6) is 5.75 Å². The summed E-state index contributed by atoms with van der Waals surface area (Å²) in [7, 11) is 0. The van der Waals surface area contributed by atoms with Gasteiger partial charge in [0.1, 0.15) is 11.4 Å². The summed E-state index contributed by atoms with van der Waals surface area (Å²) in [5.74, 6) is 0.993. The lowest BCUT2D eigenvalue weighted by Gasteiger charge is -2.42. The van der Waals surface area contributed by atoms with Gasteiger partial charge in [0, 0.05) is 36.9 Å². The Labute approximate surface area is 160 Å². The van der Waals surface area contributed by atoms with Crippen LogP contribution in [-0.2, 0) is 18.6 Å². The quantitative estimate of drug-likeness (QED) is 0.764. The molecule has 138 valence electrons. The Morgan fingerprint density at radius 3 is 2.56 bits per heavy atom. The standard InChI is InChI=1S/C23H25N3O/c1-2-26-22-18-10-6-7-11-20(18)27-23(12-14-24-15-13-23)21(22)19(25-26)16-17-8-4-3-5-9-17/h3-11,24H,2,12-16H2,1H3. The largest absolute Gasteiger partial charge is 0.482 e. The summed E-state index contributed by atoms with van der Waals surface area (Å²) in [4.78, 5) is 0. The molecule has 5 rings (SSSR count). The fraction of sp³-hybridized carbons (Fsp3) is 0.348. The van der Waals surface area contributed by atoms with Crippen LogP contribution in [0.1, 0.15) is 36.6 Å². The van der Waals surface area contributed by atoms with E-state index in [1.54, 1.807) is 0 Å². The first-order valence-electron chi connectivity index (χ1n) is 9.94. The molecule has 1 saturated heterocycles. The molecule has 0 saturated carbocycles. The molecule has 2 aliphatic rings. The zero-order valence-corrected chi connectivity index (χ0v) is 15.7. The van der Waals surface area contributed by atoms with Gasteiger partial charge >= 0.3 is 0 Å². The number of piperidine rings is 1. The SMILES string of the molecule is CCn1nc(Cc2ccccc2)c2c1-c1ccccc1OC21CCNCC1. The number of ether oxygens (including phenoxy) is 1. The van der Waals surface area contributed by atoms with Crippen molar-refractivity contribution in [1.82, 2.24) is 15.1 Å². The first-order valence-corrected chi connectivity index (χ1v) is 9.94. The Morgan fingerprint density at radius 1 is 1.04 bits per heavy atom. The second-order valence-electron chi connectivity index (χ2n) is 7.49. The minimum atomic E-state index is -0.271. The number of benzene rings is 2. The maximum Gasteiger partial charge on any atom is 0.140 e. The third-order valence-corrected chi connectivity index (χ3v) is 5.85. The predicted molar refractivity (Wildman–Crippen MR) is 107 cm³/mol. The summed E-state index contributed by atoms with van der Waals surface area (Å²) in [5.41, 5.74) is 5.93. The van der Waals surface area contributed by atoms with Gasteiger partial charge in [0.2, 0.25) is 0 Å². The van der Waals surface area contributed by atoms with E-state index in [0.717, 1.165) is 50.3 Å². The molecule has 0 atom stereocenters. The molecule has 3 aromatic rings. The molecule has 4 heteroatoms. The number of aromatic nitrogens is 2. The van der Waals surface area contributed by atoms with Gasteiger partial charge in [-0.05, 0) is 37.7 Å². The fourth-order valence-corrected chi connectivity index (χ4v) is 4.60. The van der Waals surface area contributed by atoms with Crippen LogP contribution in [0, 0.1) is 0 Å². The van der Waals surface area contributed by atoms with Crippen molar-refractivity contribution >= 4 is 0 Å². The number of hydrogen-bond donors (Lipinski definition) is 1. The number of rotatable bonds is 3. The first-order chi connectivity index (χ1) is 13.3. The molecule has 3 heterocycles. The van der Waals surface area contributed by atoms with Gasteiger partial charge in [-0.2, -0.15) is 5.10 Å². The molecule has 0 unspecified atom stereocenters. The summed E-state index contributed by atoms with van der Waals surface area (Å²) in [6, 6.07) is 19.1. The van der Waals surface area contributed by atoms with E-state index in [9.17, 15) is 0 Å². The number of fused-ring (bicyclic) bond motifs is 4. The Kier molecular flexibility index (Phi) is 4.01. The number of para-hydroxylation sites is 1. The van der Waals surface area contributed by atoms with E-state index < -0.39 is 0 Å². The zero-order valence-electron chi connectivity index (χ0n) is 15.7. The van der Waals surface area contributed by atoms with Gasteiger partial charge in [-0.3, -0.25) is 4.68 Å². The molecule has 1 N–H and O–H groups in total. The van der Waals surface area contributed by atoms with Gasteiger partial charge in [-0.25, -0.2) is 0 Å². The second kappa shape index (κ2) is 6.54. The summed E-state index contributed by atoms with van der Waals surface area (Å²) in [5, 5.41) is 8.56. The maximum absolute atomic E-state index is 6.73. The minimum absolute atomic E-state index is 0.271. The predicted octanol–water partition coefficient (Wildman–Crippen LogP) is 4.13. The molecular weight excluding hydrogens is 334 g/mol. The highest BCUT2D eigenvalue weighted by Gasteiger charge is 2.46. The molecule has 27 heavy (non-hydrogen) atoms. The Bertz CT molecular complexity index is 955. The summed E-state index contributed by atoms with van der Waals surface area (Å²) >= 11 is 0. The lowest BCUT2D eigenvalue weighted by Crippen LogP contribution is -2.46. The van der Waals surface area contributed by atoms with Crippen LogP contribution in [0.15, 0.2) is 54.6 Å². The molecule has 2 aliphatic heterocycles. The van der Waals surface area contributed by atoms with Crippen LogP contribution in [0.4, 0.5) is 0 Å². The molecule has 1 aromatic heterocycles. The lowest BCUT2D eigenvalue weighted by molar-refractivity contribution is 0.0299. The summed E-state index contributed by atoms with van der Waals surface area (Å²) < 4.78 is 8.91. The third kappa shape index (κ3) is 2.67. The number of nitrogens with one attached hydrogen (secondary N) is 1. The normalized spacial score (nSPS) is 17.2. The van der Waals surface area contributed by atoms with Gasteiger partial charge in [-0.15, -0.1) is 0 Å². The van der Waals surface area contributed by atoms with E-state index in [1.165, 1.54) is 22.4 Å². The van der Waals surface area contributed by atoms with Gasteiger partial charge < -0.3 is 10.1 Å². The van der Waals surface area contributed by atoms with Crippen molar-refractivity contribution in [3.8, 4) is 17.0 Å². The first kappa shape index (κ1) is 16.6. The average molecular weight is 359 g/mol. The molecule has 4 nitrogen and oxygen atoms in total. The number of aryl methyl sites for hydroxylation is 1. The molecular formula is C23H25N3O.